The first-order valence-corrected chi connectivity index (χ1v) is 10.1. The van der Waals surface area contributed by atoms with E-state index in [0.717, 1.165) is 24.6 Å². The first-order chi connectivity index (χ1) is 12.3. The first kappa shape index (κ1) is 20.7. The van der Waals surface area contributed by atoms with E-state index >= 15 is 0 Å². The molecule has 2 rings (SSSR count). The summed E-state index contributed by atoms with van der Waals surface area (Å²) in [7, 11) is 3.85. The van der Waals surface area contributed by atoms with Gasteiger partial charge in [-0.2, -0.15) is 5.10 Å². The standard InChI is InChI=1S/C20H38N6/c1-14(12-19-17(4)24-25(7)18(19)5)23-20(21-6)22-13-16(3)26-11-9-8-10-15(26)2/h14-16H,8-13H2,1-7H3,(H2,21,22,23). The van der Waals surface area contributed by atoms with E-state index in [9.17, 15) is 0 Å². The van der Waals surface area contributed by atoms with Crippen LogP contribution in [0.4, 0.5) is 0 Å². The van der Waals surface area contributed by atoms with Gasteiger partial charge in [0.2, 0.25) is 0 Å². The summed E-state index contributed by atoms with van der Waals surface area (Å²) in [5, 5.41) is 11.6. The summed E-state index contributed by atoms with van der Waals surface area (Å²) in [6.45, 7) is 13.2. The second-order valence-electron chi connectivity index (χ2n) is 7.91. The van der Waals surface area contributed by atoms with Gasteiger partial charge in [-0.1, -0.05) is 6.42 Å². The maximum Gasteiger partial charge on any atom is 0.191 e. The van der Waals surface area contributed by atoms with Crippen LogP contribution in [0.1, 0.15) is 57.0 Å². The highest BCUT2D eigenvalue weighted by atomic mass is 15.3. The zero-order valence-corrected chi connectivity index (χ0v) is 17.8. The van der Waals surface area contributed by atoms with E-state index in [1.165, 1.54) is 37.1 Å². The molecule has 0 aromatic carbocycles. The minimum absolute atomic E-state index is 0.298. The number of guanidine groups is 1. The first-order valence-electron chi connectivity index (χ1n) is 10.1. The molecule has 2 heterocycles. The third-order valence-corrected chi connectivity index (χ3v) is 5.76. The lowest BCUT2D eigenvalue weighted by Crippen LogP contribution is -2.51. The number of likely N-dealkylation sites (tertiary alicyclic amines) is 1. The van der Waals surface area contributed by atoms with Crippen molar-refractivity contribution >= 4 is 5.96 Å². The van der Waals surface area contributed by atoms with E-state index < -0.39 is 0 Å². The lowest BCUT2D eigenvalue weighted by molar-refractivity contribution is 0.115. The van der Waals surface area contributed by atoms with Gasteiger partial charge < -0.3 is 10.6 Å². The Morgan fingerprint density at radius 1 is 1.31 bits per heavy atom. The van der Waals surface area contributed by atoms with Crippen molar-refractivity contribution in [2.45, 2.75) is 78.4 Å². The summed E-state index contributed by atoms with van der Waals surface area (Å²) < 4.78 is 1.96. The van der Waals surface area contributed by atoms with Crippen molar-refractivity contribution < 1.29 is 0 Å². The lowest BCUT2D eigenvalue weighted by Gasteiger charge is -2.38. The maximum absolute atomic E-state index is 4.52. The Hall–Kier alpha value is -1.56. The van der Waals surface area contributed by atoms with Gasteiger partial charge in [-0.3, -0.25) is 14.6 Å². The van der Waals surface area contributed by atoms with Crippen molar-refractivity contribution in [3.63, 3.8) is 0 Å². The molecule has 0 bridgehead atoms. The van der Waals surface area contributed by atoms with Gasteiger partial charge in [0, 0.05) is 44.5 Å². The molecular weight excluding hydrogens is 324 g/mol. The van der Waals surface area contributed by atoms with Gasteiger partial charge in [0.05, 0.1) is 5.69 Å². The van der Waals surface area contributed by atoms with Gasteiger partial charge >= 0.3 is 0 Å². The Kier molecular flexibility index (Phi) is 7.50. The van der Waals surface area contributed by atoms with Gasteiger partial charge in [0.25, 0.3) is 0 Å². The van der Waals surface area contributed by atoms with Gasteiger partial charge in [0.1, 0.15) is 0 Å². The molecule has 0 aliphatic carbocycles. The Morgan fingerprint density at radius 2 is 2.04 bits per heavy atom. The Balaban J connectivity index is 1.84. The van der Waals surface area contributed by atoms with Gasteiger partial charge in [0.15, 0.2) is 5.96 Å². The fraction of sp³-hybridized carbons (Fsp3) is 0.800. The van der Waals surface area contributed by atoms with Crippen LogP contribution < -0.4 is 10.6 Å². The van der Waals surface area contributed by atoms with Crippen LogP contribution in [0.3, 0.4) is 0 Å². The summed E-state index contributed by atoms with van der Waals surface area (Å²) in [4.78, 5) is 7.03. The Morgan fingerprint density at radius 3 is 2.62 bits per heavy atom. The highest BCUT2D eigenvalue weighted by Gasteiger charge is 2.23. The van der Waals surface area contributed by atoms with E-state index in [2.05, 4.69) is 60.2 Å². The molecule has 0 spiro atoms. The number of rotatable bonds is 6. The number of piperidine rings is 1. The van der Waals surface area contributed by atoms with Crippen molar-refractivity contribution in [2.75, 3.05) is 20.1 Å². The molecule has 6 nitrogen and oxygen atoms in total. The van der Waals surface area contributed by atoms with Crippen LogP contribution in [0.25, 0.3) is 0 Å². The van der Waals surface area contributed by atoms with Crippen molar-refractivity contribution in [2.24, 2.45) is 12.0 Å². The average molecular weight is 363 g/mol. The van der Waals surface area contributed by atoms with Crippen LogP contribution in [0.15, 0.2) is 4.99 Å². The van der Waals surface area contributed by atoms with E-state index in [4.69, 9.17) is 0 Å². The molecule has 1 aliphatic rings. The van der Waals surface area contributed by atoms with E-state index in [-0.39, 0.29) is 0 Å². The summed E-state index contributed by atoms with van der Waals surface area (Å²) in [5.41, 5.74) is 3.69. The molecule has 6 heteroatoms. The van der Waals surface area contributed by atoms with Crippen molar-refractivity contribution in [3.05, 3.63) is 17.0 Å². The third kappa shape index (κ3) is 5.22. The second kappa shape index (κ2) is 9.40. The van der Waals surface area contributed by atoms with Crippen LogP contribution in [-0.2, 0) is 13.5 Å². The summed E-state index contributed by atoms with van der Waals surface area (Å²) in [6.07, 6.45) is 4.96. The zero-order chi connectivity index (χ0) is 19.3. The fourth-order valence-electron chi connectivity index (χ4n) is 4.03. The molecule has 1 aromatic heterocycles. The topological polar surface area (TPSA) is 57.5 Å². The minimum atomic E-state index is 0.298. The number of aryl methyl sites for hydroxylation is 2. The smallest absolute Gasteiger partial charge is 0.191 e. The molecule has 26 heavy (non-hydrogen) atoms. The highest BCUT2D eigenvalue weighted by molar-refractivity contribution is 5.80. The summed E-state index contributed by atoms with van der Waals surface area (Å²) in [6, 6.07) is 1.50. The highest BCUT2D eigenvalue weighted by Crippen LogP contribution is 2.18. The predicted molar refractivity (Wildman–Crippen MR) is 110 cm³/mol. The lowest BCUT2D eigenvalue weighted by atomic mass is 10.0. The van der Waals surface area contributed by atoms with E-state index in [1.807, 2.05) is 18.8 Å². The quantitative estimate of drug-likeness (QED) is 0.603. The minimum Gasteiger partial charge on any atom is -0.355 e. The fourth-order valence-corrected chi connectivity index (χ4v) is 4.03. The molecular formula is C20H38N6. The van der Waals surface area contributed by atoms with Crippen LogP contribution in [0, 0.1) is 13.8 Å². The molecule has 2 N–H and O–H groups in total. The molecule has 1 aromatic rings. The van der Waals surface area contributed by atoms with Crippen molar-refractivity contribution in [1.82, 2.24) is 25.3 Å². The van der Waals surface area contributed by atoms with Gasteiger partial charge in [-0.15, -0.1) is 0 Å². The van der Waals surface area contributed by atoms with Crippen LogP contribution in [0.5, 0.6) is 0 Å². The summed E-state index contributed by atoms with van der Waals surface area (Å²) >= 11 is 0. The molecule has 1 aliphatic heterocycles. The van der Waals surface area contributed by atoms with Crippen LogP contribution >= 0.6 is 0 Å². The molecule has 3 atom stereocenters. The molecule has 0 amide bonds. The normalized spacial score (nSPS) is 21.5. The van der Waals surface area contributed by atoms with E-state index in [0.29, 0.717) is 18.1 Å². The molecule has 1 saturated heterocycles. The maximum atomic E-state index is 4.52. The van der Waals surface area contributed by atoms with Crippen molar-refractivity contribution in [3.8, 4) is 0 Å². The monoisotopic (exact) mass is 362 g/mol. The number of aromatic nitrogens is 2. The number of nitrogens with zero attached hydrogens (tertiary/aromatic N) is 4. The average Bonchev–Trinajstić information content (AvgIpc) is 2.84. The molecule has 148 valence electrons. The third-order valence-electron chi connectivity index (χ3n) is 5.76. The second-order valence-corrected chi connectivity index (χ2v) is 7.91. The predicted octanol–water partition coefficient (Wildman–Crippen LogP) is 2.40. The molecule has 3 unspecified atom stereocenters. The number of hydrogen-bond acceptors (Lipinski definition) is 3. The number of aliphatic imine (C=N–C) groups is 1. The van der Waals surface area contributed by atoms with Gasteiger partial charge in [-0.05, 0) is 66.0 Å². The number of nitrogens with one attached hydrogen (secondary N) is 2. The summed E-state index contributed by atoms with van der Waals surface area (Å²) in [5.74, 6) is 0.883. The van der Waals surface area contributed by atoms with Crippen LogP contribution in [0.2, 0.25) is 0 Å². The van der Waals surface area contributed by atoms with E-state index in [1.54, 1.807) is 0 Å². The van der Waals surface area contributed by atoms with Crippen LogP contribution in [-0.4, -0.2) is 58.9 Å². The SMILES string of the molecule is CN=C(NCC(C)N1CCCCC1C)NC(C)Cc1c(C)nn(C)c1C. The largest absolute Gasteiger partial charge is 0.355 e. The molecule has 0 saturated carbocycles. The molecule has 1 fully saturated rings. The number of hydrogen-bond donors (Lipinski definition) is 2. The Labute approximate surface area is 159 Å². The van der Waals surface area contributed by atoms with Crippen molar-refractivity contribution in [1.29, 1.82) is 0 Å². The zero-order valence-electron chi connectivity index (χ0n) is 17.8. The van der Waals surface area contributed by atoms with Gasteiger partial charge in [-0.25, -0.2) is 0 Å². The molecule has 0 radical (unpaired) electrons. The Bertz CT molecular complexity index is 606.